The third-order valence-electron chi connectivity index (χ3n) is 1.79. The third-order valence-corrected chi connectivity index (χ3v) is 1.79. The first-order chi connectivity index (χ1) is 7.31. The van der Waals surface area contributed by atoms with Gasteiger partial charge in [-0.05, 0) is 0 Å². The van der Waals surface area contributed by atoms with Gasteiger partial charge < -0.3 is 40.5 Å². The van der Waals surface area contributed by atoms with Gasteiger partial charge in [0.15, 0.2) is 0 Å². The Balaban J connectivity index is 0. The van der Waals surface area contributed by atoms with Crippen molar-refractivity contribution < 1.29 is 45.3 Å². The summed E-state index contributed by atoms with van der Waals surface area (Å²) >= 11 is 0. The lowest BCUT2D eigenvalue weighted by Crippen LogP contribution is -2.50. The first-order valence-electron chi connectivity index (χ1n) is 4.22. The van der Waals surface area contributed by atoms with Gasteiger partial charge in [0.2, 0.25) is 6.29 Å². The van der Waals surface area contributed by atoms with Crippen LogP contribution >= 0.6 is 0 Å². The lowest BCUT2D eigenvalue weighted by atomic mass is 10.0. The van der Waals surface area contributed by atoms with Crippen LogP contribution in [0, 0.1) is 0 Å². The number of carbonyl (C=O) groups is 1. The van der Waals surface area contributed by atoms with E-state index in [1.807, 2.05) is 0 Å². The summed E-state index contributed by atoms with van der Waals surface area (Å²) in [6.45, 7) is -0.888. The van der Waals surface area contributed by atoms with Crippen molar-refractivity contribution in [1.82, 2.24) is 0 Å². The maximum absolute atomic E-state index is 9.97. The predicted molar refractivity (Wildman–Crippen MR) is 54.8 cm³/mol. The van der Waals surface area contributed by atoms with Crippen LogP contribution in [0.15, 0.2) is 0 Å². The van der Waals surface area contributed by atoms with Crippen LogP contribution < -0.4 is 0 Å². The highest BCUT2D eigenvalue weighted by Crippen LogP contribution is 2.09. The summed E-state index contributed by atoms with van der Waals surface area (Å²) in [5.74, 6) is 0. The molecule has 0 bridgehead atoms. The maximum Gasteiger partial charge on any atom is 0.508 e. The summed E-state index contributed by atoms with van der Waals surface area (Å²) in [6, 6.07) is 0. The Kier molecular flexibility index (Phi) is 9.94. The fraction of sp³-hybridized carbons (Fsp3) is 0.857. The van der Waals surface area contributed by atoms with Gasteiger partial charge in [-0.2, -0.15) is 0 Å². The second-order valence-corrected chi connectivity index (χ2v) is 3.00. The van der Waals surface area contributed by atoms with Crippen molar-refractivity contribution in [3.63, 3.8) is 0 Å². The molecule has 0 aliphatic heterocycles. The van der Waals surface area contributed by atoms with Gasteiger partial charge in [-0.25, -0.2) is 4.79 Å². The van der Waals surface area contributed by atoms with Crippen LogP contribution in [0.1, 0.15) is 0 Å². The molecule has 0 saturated carbocycles. The molecular weight excluding hydrogens is 252 g/mol. The molecule has 0 amide bonds. The zero-order valence-electron chi connectivity index (χ0n) is 8.04. The highest BCUT2D eigenvalue weighted by atomic mass is 24.3. The Hall–Kier alpha value is -0.204. The van der Waals surface area contributed by atoms with Crippen LogP contribution in [0.4, 0.5) is 4.79 Å². The molecule has 17 heavy (non-hydrogen) atoms. The molecule has 0 aliphatic carbocycles. The normalized spacial score (nSPS) is 19.4. The molecular formula is C7H16MgO9. The smallest absolute Gasteiger partial charge is 0.450 e. The molecule has 0 fully saturated rings. The predicted octanol–water partition coefficient (Wildman–Crippen LogP) is -4.48. The molecule has 0 spiro atoms. The van der Waals surface area contributed by atoms with Crippen molar-refractivity contribution in [3.05, 3.63) is 0 Å². The van der Waals surface area contributed by atoms with Gasteiger partial charge in [0.1, 0.15) is 24.4 Å². The van der Waals surface area contributed by atoms with Crippen molar-refractivity contribution in [2.75, 3.05) is 6.61 Å². The Labute approximate surface area is 112 Å². The van der Waals surface area contributed by atoms with Gasteiger partial charge >= 0.3 is 29.2 Å². The zero-order valence-corrected chi connectivity index (χ0v) is 8.04. The SMILES string of the molecule is O=C(O)OC(O)[C@@H](O)[C@@H](O)[C@H](O)[C@H](O)CO.[MgH2]. The summed E-state index contributed by atoms with van der Waals surface area (Å²) in [7, 11) is 0. The number of rotatable bonds is 6. The Bertz CT molecular complexity index is 225. The summed E-state index contributed by atoms with van der Waals surface area (Å²) in [6.07, 6.45) is -12.1. The van der Waals surface area contributed by atoms with E-state index >= 15 is 0 Å². The monoisotopic (exact) mass is 268 g/mol. The number of aliphatic hydroxyl groups excluding tert-OH is 6. The van der Waals surface area contributed by atoms with Crippen molar-refractivity contribution in [1.29, 1.82) is 0 Å². The molecule has 0 aromatic carbocycles. The average molecular weight is 269 g/mol. The van der Waals surface area contributed by atoms with Gasteiger partial charge in [-0.1, -0.05) is 0 Å². The highest BCUT2D eigenvalue weighted by molar-refractivity contribution is 5.75. The number of hydrogen-bond acceptors (Lipinski definition) is 8. The van der Waals surface area contributed by atoms with Gasteiger partial charge in [0.05, 0.1) is 6.61 Å². The van der Waals surface area contributed by atoms with Crippen molar-refractivity contribution in [3.8, 4) is 0 Å². The second-order valence-electron chi connectivity index (χ2n) is 3.00. The largest absolute Gasteiger partial charge is 0.508 e. The van der Waals surface area contributed by atoms with Gasteiger partial charge in [-0.15, -0.1) is 0 Å². The quantitative estimate of drug-likeness (QED) is 0.143. The zero-order chi connectivity index (χ0) is 12.9. The van der Waals surface area contributed by atoms with E-state index in [2.05, 4.69) is 4.74 Å². The number of aliphatic hydroxyl groups is 6. The molecule has 0 radical (unpaired) electrons. The fourth-order valence-electron chi connectivity index (χ4n) is 0.879. The summed E-state index contributed by atoms with van der Waals surface area (Å²) in [5.41, 5.74) is 0. The van der Waals surface area contributed by atoms with Crippen LogP contribution in [0.2, 0.25) is 0 Å². The van der Waals surface area contributed by atoms with Crippen molar-refractivity contribution in [2.45, 2.75) is 30.7 Å². The summed E-state index contributed by atoms with van der Waals surface area (Å²) in [5, 5.41) is 61.7. The number of carboxylic acid groups (broad SMARTS) is 1. The second kappa shape index (κ2) is 8.82. The van der Waals surface area contributed by atoms with Crippen LogP contribution in [0.5, 0.6) is 0 Å². The molecule has 0 aliphatic rings. The number of ether oxygens (including phenoxy) is 1. The molecule has 100 valence electrons. The van der Waals surface area contributed by atoms with Crippen molar-refractivity contribution in [2.24, 2.45) is 0 Å². The van der Waals surface area contributed by atoms with Crippen molar-refractivity contribution >= 4 is 29.2 Å². The third kappa shape index (κ3) is 6.33. The lowest BCUT2D eigenvalue weighted by molar-refractivity contribution is -0.195. The van der Waals surface area contributed by atoms with E-state index < -0.39 is 43.5 Å². The molecule has 0 heterocycles. The van der Waals surface area contributed by atoms with E-state index in [0.29, 0.717) is 0 Å². The minimum absolute atomic E-state index is 0. The molecule has 9 nitrogen and oxygen atoms in total. The van der Waals surface area contributed by atoms with Crippen LogP contribution in [-0.2, 0) is 4.74 Å². The molecule has 7 N–H and O–H groups in total. The molecule has 1 unspecified atom stereocenters. The number of hydrogen-bond donors (Lipinski definition) is 7. The van der Waals surface area contributed by atoms with E-state index in [1.54, 1.807) is 0 Å². The van der Waals surface area contributed by atoms with E-state index in [4.69, 9.17) is 35.7 Å². The minimum atomic E-state index is -2.28. The molecule has 0 aromatic heterocycles. The topological polar surface area (TPSA) is 168 Å². The van der Waals surface area contributed by atoms with Crippen LogP contribution in [-0.4, -0.2) is 102 Å². The highest BCUT2D eigenvalue weighted by Gasteiger charge is 2.35. The average Bonchev–Trinajstić information content (AvgIpc) is 2.23. The molecule has 5 atom stereocenters. The summed E-state index contributed by atoms with van der Waals surface area (Å²) < 4.78 is 3.70. The maximum atomic E-state index is 9.97. The standard InChI is InChI=1S/C7H14O9.Mg.2H/c8-1-2(9)3(10)4(11)5(12)6(13)16-7(14)15;;;/h2-6,8-13H,1H2,(H,14,15);;;/t2-,3-,4+,5+,6?;;;/m1.../s1. The molecule has 10 heteroatoms. The minimum Gasteiger partial charge on any atom is -0.450 e. The van der Waals surface area contributed by atoms with Crippen LogP contribution in [0.3, 0.4) is 0 Å². The van der Waals surface area contributed by atoms with E-state index in [9.17, 15) is 4.79 Å². The Morgan fingerprint density at radius 2 is 1.47 bits per heavy atom. The Morgan fingerprint density at radius 3 is 1.82 bits per heavy atom. The lowest BCUT2D eigenvalue weighted by Gasteiger charge is -2.27. The van der Waals surface area contributed by atoms with Gasteiger partial charge in [0.25, 0.3) is 0 Å². The Morgan fingerprint density at radius 1 is 1.00 bits per heavy atom. The van der Waals surface area contributed by atoms with E-state index in [0.717, 1.165) is 0 Å². The molecule has 0 aromatic rings. The van der Waals surface area contributed by atoms with E-state index in [-0.39, 0.29) is 23.1 Å². The van der Waals surface area contributed by atoms with E-state index in [1.165, 1.54) is 0 Å². The fourth-order valence-corrected chi connectivity index (χ4v) is 0.879. The van der Waals surface area contributed by atoms with Gasteiger partial charge in [0, 0.05) is 0 Å². The van der Waals surface area contributed by atoms with Gasteiger partial charge in [-0.3, -0.25) is 0 Å². The summed E-state index contributed by atoms with van der Waals surface area (Å²) in [4.78, 5) is 9.97. The molecule has 0 rings (SSSR count). The first-order valence-corrected chi connectivity index (χ1v) is 4.22. The molecule has 0 saturated heterocycles. The van der Waals surface area contributed by atoms with Crippen LogP contribution in [0.25, 0.3) is 0 Å². The first kappa shape index (κ1) is 19.1.